The van der Waals surface area contributed by atoms with Gasteiger partial charge in [0, 0.05) is 5.38 Å². The Morgan fingerprint density at radius 2 is 2.24 bits per heavy atom. The summed E-state index contributed by atoms with van der Waals surface area (Å²) in [5, 5.41) is 14.2. The number of benzene rings is 1. The predicted octanol–water partition coefficient (Wildman–Crippen LogP) is 3.03. The number of hydrogen-bond donors (Lipinski definition) is 2. The molecule has 0 fully saturated rings. The summed E-state index contributed by atoms with van der Waals surface area (Å²) in [7, 11) is 0. The minimum atomic E-state index is -0.990. The van der Waals surface area contributed by atoms with E-state index in [1.807, 2.05) is 0 Å². The Bertz CT molecular complexity index is 516. The van der Waals surface area contributed by atoms with Crippen LogP contribution in [0.1, 0.15) is 11.7 Å². The van der Waals surface area contributed by atoms with E-state index in [4.69, 9.17) is 16.7 Å². The number of aromatic nitrogens is 1. The first-order valence-corrected chi connectivity index (χ1v) is 6.12. The number of hydrogen-bond acceptors (Lipinski definition) is 4. The second kappa shape index (κ2) is 5.16. The van der Waals surface area contributed by atoms with Gasteiger partial charge in [0.2, 0.25) is 0 Å². The quantitative estimate of drug-likeness (QED) is 0.895. The lowest BCUT2D eigenvalue weighted by atomic mass is 10.2. The van der Waals surface area contributed by atoms with Crippen LogP contribution in [0.5, 0.6) is 0 Å². The molecule has 6 heteroatoms. The molecule has 0 aliphatic carbocycles. The van der Waals surface area contributed by atoms with Crippen LogP contribution in [0.3, 0.4) is 0 Å². The molecule has 0 amide bonds. The number of halogens is 1. The van der Waals surface area contributed by atoms with Crippen molar-refractivity contribution in [1.82, 2.24) is 4.98 Å². The molecular weight excluding hydrogens is 260 g/mol. The number of para-hydroxylation sites is 1. The topological polar surface area (TPSA) is 62.2 Å². The van der Waals surface area contributed by atoms with E-state index in [9.17, 15) is 4.79 Å². The molecule has 0 spiro atoms. The number of nitrogens with zero attached hydrogens (tertiary/aromatic N) is 1. The zero-order valence-corrected chi connectivity index (χ0v) is 10.2. The minimum Gasteiger partial charge on any atom is -0.479 e. The first-order chi connectivity index (χ1) is 8.18. The van der Waals surface area contributed by atoms with Gasteiger partial charge in [0.05, 0.1) is 21.9 Å². The van der Waals surface area contributed by atoms with Crippen molar-refractivity contribution in [1.29, 1.82) is 0 Å². The Hall–Kier alpha value is -1.59. The summed E-state index contributed by atoms with van der Waals surface area (Å²) in [6, 6.07) is 6.11. The summed E-state index contributed by atoms with van der Waals surface area (Å²) in [6.45, 7) is 0. The fourth-order valence-corrected chi connectivity index (χ4v) is 2.13. The summed E-state index contributed by atoms with van der Waals surface area (Å²) in [5.74, 6) is -0.990. The van der Waals surface area contributed by atoms with Crippen LogP contribution in [0.15, 0.2) is 35.2 Å². The van der Waals surface area contributed by atoms with E-state index in [1.54, 1.807) is 35.2 Å². The molecule has 0 radical (unpaired) electrons. The highest BCUT2D eigenvalue weighted by Gasteiger charge is 2.22. The first-order valence-electron chi connectivity index (χ1n) is 4.80. The second-order valence-corrected chi connectivity index (χ2v) is 4.43. The molecule has 0 bridgehead atoms. The molecule has 0 aliphatic heterocycles. The Morgan fingerprint density at radius 3 is 2.82 bits per heavy atom. The molecule has 1 aromatic heterocycles. The fourth-order valence-electron chi connectivity index (χ4n) is 1.36. The van der Waals surface area contributed by atoms with E-state index in [0.29, 0.717) is 16.4 Å². The molecule has 0 saturated heterocycles. The predicted molar refractivity (Wildman–Crippen MR) is 67.6 cm³/mol. The van der Waals surface area contributed by atoms with Gasteiger partial charge in [-0.3, -0.25) is 0 Å². The van der Waals surface area contributed by atoms with Gasteiger partial charge in [-0.25, -0.2) is 9.78 Å². The molecule has 1 atom stereocenters. The van der Waals surface area contributed by atoms with Crippen LogP contribution in [-0.2, 0) is 4.79 Å². The number of carboxylic acid groups (broad SMARTS) is 1. The summed E-state index contributed by atoms with van der Waals surface area (Å²) in [4.78, 5) is 15.2. The first kappa shape index (κ1) is 11.9. The van der Waals surface area contributed by atoms with Gasteiger partial charge in [0.1, 0.15) is 0 Å². The van der Waals surface area contributed by atoms with Crippen LogP contribution >= 0.6 is 22.9 Å². The van der Waals surface area contributed by atoms with Crippen molar-refractivity contribution in [3.8, 4) is 0 Å². The minimum absolute atomic E-state index is 0.474. The maximum Gasteiger partial charge on any atom is 0.332 e. The smallest absolute Gasteiger partial charge is 0.332 e. The Morgan fingerprint density at radius 1 is 1.47 bits per heavy atom. The normalized spacial score (nSPS) is 12.1. The van der Waals surface area contributed by atoms with Gasteiger partial charge in [0.25, 0.3) is 0 Å². The summed E-state index contributed by atoms with van der Waals surface area (Å²) < 4.78 is 0. The molecule has 2 rings (SSSR count). The van der Waals surface area contributed by atoms with Crippen LogP contribution < -0.4 is 5.32 Å². The SMILES string of the molecule is O=C(O)C(Nc1ccccc1Cl)c1cscn1. The maximum absolute atomic E-state index is 11.2. The highest BCUT2D eigenvalue weighted by atomic mass is 35.5. The van der Waals surface area contributed by atoms with Gasteiger partial charge in [-0.1, -0.05) is 23.7 Å². The lowest BCUT2D eigenvalue weighted by molar-refractivity contribution is -0.138. The number of anilines is 1. The number of carbonyl (C=O) groups is 1. The third-order valence-electron chi connectivity index (χ3n) is 2.17. The molecule has 1 unspecified atom stereocenters. The molecule has 88 valence electrons. The van der Waals surface area contributed by atoms with Crippen LogP contribution in [-0.4, -0.2) is 16.1 Å². The Kier molecular flexibility index (Phi) is 3.61. The van der Waals surface area contributed by atoms with Gasteiger partial charge in [-0.05, 0) is 12.1 Å². The molecular formula is C11H9ClN2O2S. The largest absolute Gasteiger partial charge is 0.479 e. The number of thiazole rings is 1. The van der Waals surface area contributed by atoms with E-state index in [-0.39, 0.29) is 0 Å². The van der Waals surface area contributed by atoms with Gasteiger partial charge >= 0.3 is 5.97 Å². The Labute approximate surface area is 107 Å². The summed E-state index contributed by atoms with van der Waals surface area (Å²) in [5.41, 5.74) is 2.65. The summed E-state index contributed by atoms with van der Waals surface area (Å²) in [6.07, 6.45) is 0. The number of nitrogens with one attached hydrogen (secondary N) is 1. The third-order valence-corrected chi connectivity index (χ3v) is 3.10. The van der Waals surface area contributed by atoms with Crippen molar-refractivity contribution in [2.75, 3.05) is 5.32 Å². The van der Waals surface area contributed by atoms with E-state index in [1.165, 1.54) is 11.3 Å². The average molecular weight is 269 g/mol. The molecule has 4 nitrogen and oxygen atoms in total. The van der Waals surface area contributed by atoms with Gasteiger partial charge in [0.15, 0.2) is 6.04 Å². The highest BCUT2D eigenvalue weighted by molar-refractivity contribution is 7.07. The molecule has 0 saturated carbocycles. The molecule has 2 N–H and O–H groups in total. The molecule has 0 aliphatic rings. The van der Waals surface area contributed by atoms with Gasteiger partial charge in [-0.15, -0.1) is 11.3 Å². The van der Waals surface area contributed by atoms with Gasteiger partial charge in [-0.2, -0.15) is 0 Å². The second-order valence-electron chi connectivity index (χ2n) is 3.31. The lowest BCUT2D eigenvalue weighted by Crippen LogP contribution is -2.20. The fraction of sp³-hybridized carbons (Fsp3) is 0.0909. The molecule has 17 heavy (non-hydrogen) atoms. The van der Waals surface area contributed by atoms with Crippen LogP contribution in [0.25, 0.3) is 0 Å². The van der Waals surface area contributed by atoms with Gasteiger partial charge < -0.3 is 10.4 Å². The Balaban J connectivity index is 2.26. The number of aliphatic carboxylic acids is 1. The average Bonchev–Trinajstić information content (AvgIpc) is 2.81. The molecule has 2 aromatic rings. The maximum atomic E-state index is 11.2. The zero-order chi connectivity index (χ0) is 12.3. The van der Waals surface area contributed by atoms with Crippen molar-refractivity contribution >= 4 is 34.6 Å². The zero-order valence-electron chi connectivity index (χ0n) is 8.63. The van der Waals surface area contributed by atoms with Crippen LogP contribution in [0.4, 0.5) is 5.69 Å². The van der Waals surface area contributed by atoms with E-state index in [2.05, 4.69) is 10.3 Å². The highest BCUT2D eigenvalue weighted by Crippen LogP contribution is 2.26. The number of rotatable bonds is 4. The number of carboxylic acids is 1. The summed E-state index contributed by atoms with van der Waals surface area (Å²) >= 11 is 7.31. The van der Waals surface area contributed by atoms with Crippen LogP contribution in [0.2, 0.25) is 5.02 Å². The molecule has 1 heterocycles. The van der Waals surface area contributed by atoms with Crippen molar-refractivity contribution in [2.45, 2.75) is 6.04 Å². The molecule has 1 aromatic carbocycles. The standard InChI is InChI=1S/C11H9ClN2O2S/c12-7-3-1-2-4-8(7)14-10(11(15)16)9-5-17-6-13-9/h1-6,10,14H,(H,15,16). The van der Waals surface area contributed by atoms with Crippen molar-refractivity contribution in [3.63, 3.8) is 0 Å². The third kappa shape index (κ3) is 2.75. The van der Waals surface area contributed by atoms with Crippen molar-refractivity contribution < 1.29 is 9.90 Å². The van der Waals surface area contributed by atoms with E-state index >= 15 is 0 Å². The lowest BCUT2D eigenvalue weighted by Gasteiger charge is -2.14. The van der Waals surface area contributed by atoms with Crippen molar-refractivity contribution in [2.24, 2.45) is 0 Å². The monoisotopic (exact) mass is 268 g/mol. The van der Waals surface area contributed by atoms with E-state index < -0.39 is 12.0 Å². The van der Waals surface area contributed by atoms with E-state index in [0.717, 1.165) is 0 Å². The van der Waals surface area contributed by atoms with Crippen molar-refractivity contribution in [3.05, 3.63) is 45.9 Å². The van der Waals surface area contributed by atoms with Crippen LogP contribution in [0, 0.1) is 0 Å².